The molecule has 0 saturated heterocycles. The van der Waals surface area contributed by atoms with E-state index in [1.807, 2.05) is 0 Å². The van der Waals surface area contributed by atoms with Crippen LogP contribution in [-0.2, 0) is 13.2 Å². The summed E-state index contributed by atoms with van der Waals surface area (Å²) in [4.78, 5) is 0. The summed E-state index contributed by atoms with van der Waals surface area (Å²) in [6.07, 6.45) is 0. The second-order valence-electron chi connectivity index (χ2n) is 3.95. The van der Waals surface area contributed by atoms with Crippen molar-refractivity contribution in [2.24, 2.45) is 5.73 Å². The zero-order chi connectivity index (χ0) is 13.8. The fourth-order valence-electron chi connectivity index (χ4n) is 1.67. The fraction of sp³-hybridized carbons (Fsp3) is 0.143. The highest BCUT2D eigenvalue weighted by atomic mass is 19.1. The minimum absolute atomic E-state index is 0.0762. The SMILES string of the molecule is NCc1cc(F)ccc1OCc1c(F)cccc1F. The van der Waals surface area contributed by atoms with Crippen LogP contribution in [0.1, 0.15) is 11.1 Å². The molecule has 0 saturated carbocycles. The van der Waals surface area contributed by atoms with Crippen molar-refractivity contribution < 1.29 is 17.9 Å². The molecule has 100 valence electrons. The Morgan fingerprint density at radius 2 is 1.68 bits per heavy atom. The van der Waals surface area contributed by atoms with E-state index in [-0.39, 0.29) is 18.7 Å². The van der Waals surface area contributed by atoms with Crippen molar-refractivity contribution in [1.29, 1.82) is 0 Å². The van der Waals surface area contributed by atoms with Gasteiger partial charge >= 0.3 is 0 Å². The number of hydrogen-bond acceptors (Lipinski definition) is 2. The lowest BCUT2D eigenvalue weighted by molar-refractivity contribution is 0.289. The zero-order valence-electron chi connectivity index (χ0n) is 10.00. The first-order chi connectivity index (χ1) is 9.11. The summed E-state index contributed by atoms with van der Waals surface area (Å²) in [5.41, 5.74) is 5.72. The third-order valence-electron chi connectivity index (χ3n) is 2.68. The molecule has 0 spiro atoms. The first kappa shape index (κ1) is 13.4. The first-order valence-electron chi connectivity index (χ1n) is 5.66. The van der Waals surface area contributed by atoms with Gasteiger partial charge in [0.2, 0.25) is 0 Å². The van der Waals surface area contributed by atoms with E-state index in [1.54, 1.807) is 0 Å². The van der Waals surface area contributed by atoms with E-state index in [4.69, 9.17) is 10.5 Å². The molecule has 5 heteroatoms. The van der Waals surface area contributed by atoms with Crippen LogP contribution < -0.4 is 10.5 Å². The van der Waals surface area contributed by atoms with E-state index in [1.165, 1.54) is 24.3 Å². The van der Waals surface area contributed by atoms with E-state index < -0.39 is 17.5 Å². The molecule has 0 amide bonds. The molecule has 0 aliphatic heterocycles. The van der Waals surface area contributed by atoms with E-state index in [2.05, 4.69) is 0 Å². The Hall–Kier alpha value is -2.01. The summed E-state index contributed by atoms with van der Waals surface area (Å²) in [5, 5.41) is 0. The van der Waals surface area contributed by atoms with Gasteiger partial charge in [-0.15, -0.1) is 0 Å². The average Bonchev–Trinajstić information content (AvgIpc) is 2.39. The summed E-state index contributed by atoms with van der Waals surface area (Å²) < 4.78 is 45.1. The highest BCUT2D eigenvalue weighted by molar-refractivity contribution is 5.34. The number of rotatable bonds is 4. The Morgan fingerprint density at radius 3 is 2.32 bits per heavy atom. The maximum absolute atomic E-state index is 13.4. The fourth-order valence-corrected chi connectivity index (χ4v) is 1.67. The maximum Gasteiger partial charge on any atom is 0.132 e. The second kappa shape index (κ2) is 5.75. The number of benzene rings is 2. The van der Waals surface area contributed by atoms with E-state index in [9.17, 15) is 13.2 Å². The standard InChI is InChI=1S/C14H12F3NO/c15-10-4-5-14(9(6-10)7-18)19-8-11-12(16)2-1-3-13(11)17/h1-6H,7-8,18H2. The zero-order valence-corrected chi connectivity index (χ0v) is 10.00. The summed E-state index contributed by atoms with van der Waals surface area (Å²) >= 11 is 0. The van der Waals surface area contributed by atoms with Gasteiger partial charge in [0.15, 0.2) is 0 Å². The van der Waals surface area contributed by atoms with Crippen LogP contribution >= 0.6 is 0 Å². The van der Waals surface area contributed by atoms with Crippen LogP contribution in [0.25, 0.3) is 0 Å². The molecule has 0 atom stereocenters. The molecule has 19 heavy (non-hydrogen) atoms. The molecule has 0 aliphatic carbocycles. The van der Waals surface area contributed by atoms with Crippen molar-refractivity contribution in [1.82, 2.24) is 0 Å². The average molecular weight is 267 g/mol. The largest absolute Gasteiger partial charge is 0.488 e. The van der Waals surface area contributed by atoms with Gasteiger partial charge in [0.25, 0.3) is 0 Å². The lowest BCUT2D eigenvalue weighted by Crippen LogP contribution is -2.05. The molecule has 0 unspecified atom stereocenters. The maximum atomic E-state index is 13.4. The monoisotopic (exact) mass is 267 g/mol. The highest BCUT2D eigenvalue weighted by Gasteiger charge is 2.10. The van der Waals surface area contributed by atoms with Crippen LogP contribution in [0.5, 0.6) is 5.75 Å². The minimum atomic E-state index is -0.684. The third-order valence-corrected chi connectivity index (χ3v) is 2.68. The van der Waals surface area contributed by atoms with Crippen LogP contribution in [0.4, 0.5) is 13.2 Å². The van der Waals surface area contributed by atoms with Crippen molar-refractivity contribution in [2.45, 2.75) is 13.2 Å². The normalized spacial score (nSPS) is 10.5. The van der Waals surface area contributed by atoms with Crippen molar-refractivity contribution in [3.63, 3.8) is 0 Å². The molecule has 0 heterocycles. The van der Waals surface area contributed by atoms with Gasteiger partial charge in [-0.2, -0.15) is 0 Å². The first-order valence-corrected chi connectivity index (χ1v) is 5.66. The van der Waals surface area contributed by atoms with Gasteiger partial charge in [0.05, 0.1) is 5.56 Å². The molecule has 2 rings (SSSR count). The van der Waals surface area contributed by atoms with Gasteiger partial charge in [-0.1, -0.05) is 6.07 Å². The van der Waals surface area contributed by atoms with Crippen LogP contribution in [0.15, 0.2) is 36.4 Å². The Kier molecular flexibility index (Phi) is 4.06. The molecule has 0 bridgehead atoms. The van der Waals surface area contributed by atoms with Gasteiger partial charge in [0.1, 0.15) is 29.8 Å². The molecule has 0 radical (unpaired) electrons. The van der Waals surface area contributed by atoms with Gasteiger partial charge < -0.3 is 10.5 Å². The molecule has 0 aliphatic rings. The number of hydrogen-bond donors (Lipinski definition) is 1. The smallest absolute Gasteiger partial charge is 0.132 e. The summed E-state index contributed by atoms with van der Waals surface area (Å²) in [6.45, 7) is -0.204. The predicted octanol–water partition coefficient (Wildman–Crippen LogP) is 3.14. The van der Waals surface area contributed by atoms with E-state index >= 15 is 0 Å². The quantitative estimate of drug-likeness (QED) is 0.923. The minimum Gasteiger partial charge on any atom is -0.488 e. The Labute approximate surface area is 108 Å². The summed E-state index contributed by atoms with van der Waals surface area (Å²) in [6, 6.07) is 7.39. The molecule has 0 fully saturated rings. The Bertz CT molecular complexity index is 567. The van der Waals surface area contributed by atoms with Gasteiger partial charge in [-0.25, -0.2) is 13.2 Å². The number of nitrogens with two attached hydrogens (primary N) is 1. The second-order valence-corrected chi connectivity index (χ2v) is 3.95. The molecule has 2 nitrogen and oxygen atoms in total. The van der Waals surface area contributed by atoms with Crippen LogP contribution in [0, 0.1) is 17.5 Å². The predicted molar refractivity (Wildman–Crippen MR) is 65.0 cm³/mol. The molecule has 2 aromatic carbocycles. The summed E-state index contributed by atoms with van der Waals surface area (Å²) in [7, 11) is 0. The Balaban J connectivity index is 2.19. The van der Waals surface area contributed by atoms with Crippen LogP contribution in [0.3, 0.4) is 0 Å². The van der Waals surface area contributed by atoms with Gasteiger partial charge in [-0.05, 0) is 30.3 Å². The van der Waals surface area contributed by atoms with Crippen molar-refractivity contribution >= 4 is 0 Å². The summed E-state index contributed by atoms with van der Waals surface area (Å²) in [5.74, 6) is -1.50. The Morgan fingerprint density at radius 1 is 1.00 bits per heavy atom. The lowest BCUT2D eigenvalue weighted by Gasteiger charge is -2.11. The molecular weight excluding hydrogens is 255 g/mol. The third kappa shape index (κ3) is 3.06. The lowest BCUT2D eigenvalue weighted by atomic mass is 10.2. The molecule has 2 aromatic rings. The molecule has 2 N–H and O–H groups in total. The topological polar surface area (TPSA) is 35.2 Å². The van der Waals surface area contributed by atoms with E-state index in [0.717, 1.165) is 12.1 Å². The highest BCUT2D eigenvalue weighted by Crippen LogP contribution is 2.22. The van der Waals surface area contributed by atoms with E-state index in [0.29, 0.717) is 11.3 Å². The van der Waals surface area contributed by atoms with Gasteiger partial charge in [-0.3, -0.25) is 0 Å². The number of ether oxygens (including phenoxy) is 1. The van der Waals surface area contributed by atoms with Crippen molar-refractivity contribution in [3.05, 3.63) is 65.0 Å². The van der Waals surface area contributed by atoms with Crippen molar-refractivity contribution in [3.8, 4) is 5.75 Å². The van der Waals surface area contributed by atoms with Gasteiger partial charge in [0, 0.05) is 12.1 Å². The van der Waals surface area contributed by atoms with Crippen LogP contribution in [0.2, 0.25) is 0 Å². The molecular formula is C14H12F3NO. The number of halogens is 3. The van der Waals surface area contributed by atoms with Crippen LogP contribution in [-0.4, -0.2) is 0 Å². The van der Waals surface area contributed by atoms with Crippen molar-refractivity contribution in [2.75, 3.05) is 0 Å². The molecule has 0 aromatic heterocycles.